The van der Waals surface area contributed by atoms with Crippen LogP contribution in [0.1, 0.15) is 138 Å². The number of benzene rings is 6. The fourth-order valence-electron chi connectivity index (χ4n) is 16.8. The largest absolute Gasteiger partial charge is 0.462 e. The molecule has 5 aromatic rings. The highest BCUT2D eigenvalue weighted by Gasteiger charge is 2.78. The summed E-state index contributed by atoms with van der Waals surface area (Å²) in [6, 6.07) is 42.7. The van der Waals surface area contributed by atoms with Gasteiger partial charge < -0.3 is 62.9 Å². The fourth-order valence-corrected chi connectivity index (χ4v) is 16.8. The van der Waals surface area contributed by atoms with Crippen LogP contribution in [0.4, 0.5) is 5.69 Å². The Balaban J connectivity index is 0.830. The molecule has 22 nitrogen and oxygen atoms in total. The van der Waals surface area contributed by atoms with E-state index < -0.39 is 125 Å². The van der Waals surface area contributed by atoms with E-state index in [9.17, 15) is 39.0 Å². The van der Waals surface area contributed by atoms with Crippen molar-refractivity contribution in [2.45, 2.75) is 149 Å². The number of carbonyl (C=O) groups is 8. The van der Waals surface area contributed by atoms with Crippen LogP contribution in [-0.2, 0) is 57.1 Å². The number of aliphatic hydroxyl groups excluding tert-OH is 1. The molecule has 11 atom stereocenters. The Morgan fingerprint density at radius 3 is 2.04 bits per heavy atom. The molecule has 1 amide bonds. The summed E-state index contributed by atoms with van der Waals surface area (Å²) in [5.74, 6) is -8.03. The molecule has 3 heterocycles. The van der Waals surface area contributed by atoms with Crippen LogP contribution >= 0.6 is 0 Å². The van der Waals surface area contributed by atoms with Crippen LogP contribution in [0.15, 0.2) is 179 Å². The van der Waals surface area contributed by atoms with E-state index >= 15 is 9.59 Å². The van der Waals surface area contributed by atoms with E-state index in [1.165, 1.54) is 26.0 Å². The van der Waals surface area contributed by atoms with Crippen LogP contribution in [0.25, 0.3) is 33.4 Å². The number of ketones is 1. The predicted molar refractivity (Wildman–Crippen MR) is 393 cm³/mol. The standard InChI is InChI=1S/C84H92N4O18/c1-11-87(12-2)57-34-36-61-63(44-57)102-64-45-58(88(13-3)14-4)35-37-62(64)69(61)59-32-24-25-33-60(59)79(96)99-48-53-38-41-86(42-39-53)43-40-68(92)104-73(71(54-26-18-15-19-27-54)85-77(94)55-28-20-16-21-29-55)80(97)103-65-47-84(98)76(105-78(95)56-30-22-17-23-31-56)74-82(10,66(91)46-67-83(74,49-100-67)106-52(7)90)75(93)72(101-51(6)89)70(50(65)5)81(84,8)9/h15-37,40,43-45,53,65-67,71-74,76,91,98H,11-14,38-39,41-42,46-49H2,1-10H3/p+1/b43-40+/t65-,66-,67+,71-,72+,73?,74-,76-,82+,83-,84+/m0/s1. The Bertz CT molecular complexity index is 4590. The molecule has 106 heavy (non-hydrogen) atoms. The van der Waals surface area contributed by atoms with Gasteiger partial charge in [0.15, 0.2) is 17.5 Å². The molecular weight excluding hydrogens is 1350 g/mol. The normalized spacial score (nSPS) is 24.6. The van der Waals surface area contributed by atoms with Crippen molar-refractivity contribution in [3.05, 3.63) is 203 Å². The van der Waals surface area contributed by atoms with Gasteiger partial charge in [-0.1, -0.05) is 98.8 Å². The van der Waals surface area contributed by atoms with E-state index in [1.54, 1.807) is 105 Å². The minimum absolute atomic E-state index is 0.0321. The van der Waals surface area contributed by atoms with Crippen LogP contribution in [-0.4, -0.2) is 163 Å². The number of aliphatic hydroxyl groups is 2. The molecule has 3 aliphatic heterocycles. The number of Topliss-reactive ketones (excluding diaryl/α,β-unsaturated/α-hetero) is 1. The highest BCUT2D eigenvalue weighted by atomic mass is 16.6. The first kappa shape index (κ1) is 75.4. The Labute approximate surface area is 616 Å². The van der Waals surface area contributed by atoms with E-state index in [2.05, 4.69) is 78.9 Å². The summed E-state index contributed by atoms with van der Waals surface area (Å²) < 4.78 is 52.8. The lowest BCUT2D eigenvalue weighted by Gasteiger charge is -2.67. The van der Waals surface area contributed by atoms with E-state index in [1.807, 2.05) is 23.1 Å². The van der Waals surface area contributed by atoms with Crippen molar-refractivity contribution in [3.8, 4) is 22.5 Å². The van der Waals surface area contributed by atoms with Crippen molar-refractivity contribution in [2.75, 3.05) is 57.4 Å². The zero-order valence-electron chi connectivity index (χ0n) is 61.5. The maximum Gasteiger partial charge on any atom is 0.350 e. The number of anilines is 1. The van der Waals surface area contributed by atoms with Crippen molar-refractivity contribution in [2.24, 2.45) is 22.7 Å². The summed E-state index contributed by atoms with van der Waals surface area (Å²) in [5, 5.41) is 31.4. The molecule has 0 aromatic heterocycles. The summed E-state index contributed by atoms with van der Waals surface area (Å²) in [7, 11) is 0. The van der Waals surface area contributed by atoms with Crippen LogP contribution in [0.3, 0.4) is 0 Å². The molecule has 1 unspecified atom stereocenters. The maximum absolute atomic E-state index is 16.0. The van der Waals surface area contributed by atoms with Gasteiger partial charge in [0.1, 0.15) is 54.4 Å². The molecule has 2 saturated heterocycles. The number of amides is 1. The molecule has 4 fully saturated rings. The Morgan fingerprint density at radius 2 is 1.41 bits per heavy atom. The summed E-state index contributed by atoms with van der Waals surface area (Å²) in [6.07, 6.45) is -7.26. The van der Waals surface area contributed by atoms with Gasteiger partial charge in [0.25, 0.3) is 5.91 Å². The molecule has 22 heteroatoms. The molecule has 0 radical (unpaired) electrons. The second-order valence-corrected chi connectivity index (χ2v) is 28.9. The predicted octanol–water partition coefficient (Wildman–Crippen LogP) is 10.5. The number of hydrogen-bond donors (Lipinski definition) is 3. The lowest BCUT2D eigenvalue weighted by molar-refractivity contribution is -0.346. The number of rotatable bonds is 22. The molecule has 2 bridgehead atoms. The van der Waals surface area contributed by atoms with Crippen molar-refractivity contribution < 1.29 is 86.1 Å². The third-order valence-corrected chi connectivity index (χ3v) is 22.6. The number of piperidine rings is 1. The van der Waals surface area contributed by atoms with E-state index in [-0.39, 0.29) is 47.8 Å². The lowest BCUT2D eigenvalue weighted by atomic mass is 9.44. The van der Waals surface area contributed by atoms with Gasteiger partial charge in [-0.2, -0.15) is 0 Å². The van der Waals surface area contributed by atoms with Gasteiger partial charge in [-0.05, 0) is 131 Å². The minimum Gasteiger partial charge on any atom is -0.462 e. The third kappa shape index (κ3) is 14.3. The van der Waals surface area contributed by atoms with Gasteiger partial charge in [0, 0.05) is 110 Å². The Hall–Kier alpha value is -10.3. The van der Waals surface area contributed by atoms with E-state index in [0.29, 0.717) is 54.0 Å². The third-order valence-electron chi connectivity index (χ3n) is 22.6. The van der Waals surface area contributed by atoms with Crippen LogP contribution in [0, 0.1) is 22.7 Å². The zero-order valence-corrected chi connectivity index (χ0v) is 61.5. The summed E-state index contributed by atoms with van der Waals surface area (Å²) in [5.41, 5.74) is -3.17. The Kier molecular flexibility index (Phi) is 22.1. The quantitative estimate of drug-likeness (QED) is 0.0142. The van der Waals surface area contributed by atoms with Gasteiger partial charge in [-0.3, -0.25) is 19.2 Å². The molecule has 5 aromatic carbocycles. The number of fused-ring (bicyclic) bond motifs is 7. The number of esters is 6. The van der Waals surface area contributed by atoms with Crippen LogP contribution in [0.5, 0.6) is 0 Å². The molecule has 12 rings (SSSR count). The fraction of sp³-hybridized carbons (Fsp3) is 0.417. The van der Waals surface area contributed by atoms with Gasteiger partial charge in [-0.25, -0.2) is 23.8 Å². The molecule has 0 spiro atoms. The van der Waals surface area contributed by atoms with E-state index in [0.717, 1.165) is 73.7 Å². The van der Waals surface area contributed by atoms with Crippen LogP contribution in [0.2, 0.25) is 0 Å². The average molecular weight is 1450 g/mol. The van der Waals surface area contributed by atoms with Crippen LogP contribution < -0.4 is 20.1 Å². The molecular formula is C84H93N4O18+. The number of likely N-dealkylation sites (tertiary alicyclic amines) is 1. The van der Waals surface area contributed by atoms with Crippen molar-refractivity contribution in [1.82, 2.24) is 14.8 Å². The first-order valence-electron chi connectivity index (χ1n) is 36.5. The topological polar surface area (TPSA) is 276 Å². The molecule has 556 valence electrons. The summed E-state index contributed by atoms with van der Waals surface area (Å²) in [4.78, 5) is 121. The lowest BCUT2D eigenvalue weighted by Crippen LogP contribution is -2.82. The maximum atomic E-state index is 16.0. The van der Waals surface area contributed by atoms with Gasteiger partial charge >= 0.3 is 35.8 Å². The molecule has 4 aliphatic carbocycles. The number of carbonyl (C=O) groups excluding carboxylic acids is 8. The SMILES string of the molecule is CCN(CC)c1ccc2c(-c3ccccc3C(=O)OCC3CCN(/C=C/C(=O)OC(C(=O)O[C@H]4C[C@@]5(O)[C@@H](OC(=O)c6ccccc6)[C@@H]6[C@]7(OC(C)=O)CO[C@@H]7C[C@H](O)[C@@]6(C)C(=O)[C@H](OC(C)=O)C(=C4C)C5(C)C)[C@@H](NC(=O)c4ccccc4)c4ccccc4)CC3)c3ccc(=[N+](CC)CC)cc-3oc2c1. The number of nitrogens with one attached hydrogen (secondary N) is 1. The summed E-state index contributed by atoms with van der Waals surface area (Å²) in [6.45, 7) is 20.6. The number of ether oxygens (including phenoxy) is 7. The second kappa shape index (κ2) is 31.0. The van der Waals surface area contributed by atoms with Gasteiger partial charge in [0.2, 0.25) is 11.5 Å². The summed E-state index contributed by atoms with van der Waals surface area (Å²) >= 11 is 0. The van der Waals surface area contributed by atoms with Crippen molar-refractivity contribution in [1.29, 1.82) is 0 Å². The Morgan fingerprint density at radius 1 is 0.755 bits per heavy atom. The van der Waals surface area contributed by atoms with E-state index in [4.69, 9.17) is 37.6 Å². The minimum atomic E-state index is -2.51. The number of nitrogens with zero attached hydrogens (tertiary/aromatic N) is 3. The second-order valence-electron chi connectivity index (χ2n) is 28.9. The highest BCUT2D eigenvalue weighted by Crippen LogP contribution is 2.65. The average Bonchev–Trinajstić information content (AvgIpc) is 0.668. The van der Waals surface area contributed by atoms with Gasteiger partial charge in [-0.15, -0.1) is 0 Å². The number of hydrogen-bond acceptors (Lipinski definition) is 20. The van der Waals surface area contributed by atoms with Gasteiger partial charge in [0.05, 0.1) is 47.8 Å². The van der Waals surface area contributed by atoms with Crippen molar-refractivity contribution in [3.63, 3.8) is 0 Å². The monoisotopic (exact) mass is 1450 g/mol. The molecule has 2 saturated carbocycles. The van der Waals surface area contributed by atoms with Crippen molar-refractivity contribution >= 4 is 64.2 Å². The highest BCUT2D eigenvalue weighted by molar-refractivity contribution is 6.08. The smallest absolute Gasteiger partial charge is 0.350 e. The molecule has 3 N–H and O–H groups in total. The zero-order chi connectivity index (χ0) is 75.6. The molecule has 7 aliphatic rings. The first-order chi connectivity index (χ1) is 50.8. The first-order valence-corrected chi connectivity index (χ1v) is 36.5.